The first-order chi connectivity index (χ1) is 31.3. The van der Waals surface area contributed by atoms with E-state index in [2.05, 4.69) is 0 Å². The summed E-state index contributed by atoms with van der Waals surface area (Å²) < 4.78 is 54.9. The molecule has 30 nitrogen and oxygen atoms in total. The Bertz CT molecular complexity index is 1570. The van der Waals surface area contributed by atoms with E-state index in [-0.39, 0.29) is 0 Å². The zero-order valence-electron chi connectivity index (χ0n) is 34.5. The second-order valence-electron chi connectivity index (χ2n) is 15.7. The molecule has 0 aliphatic carbocycles. The zero-order chi connectivity index (χ0) is 48.9. The van der Waals surface area contributed by atoms with Crippen molar-refractivity contribution in [2.24, 2.45) is 0 Å². The van der Waals surface area contributed by atoms with Crippen molar-refractivity contribution in [1.29, 1.82) is 0 Å². The van der Waals surface area contributed by atoms with E-state index in [0.29, 0.717) is 0 Å². The van der Waals surface area contributed by atoms with Crippen LogP contribution >= 0.6 is 0 Å². The third kappa shape index (κ3) is 11.6. The molecular weight excluding hydrogens is 912 g/mol. The molecule has 0 aromatic carbocycles. The fraction of sp³-hybridized carbons (Fsp3) is 0.889. The lowest BCUT2D eigenvalue weighted by molar-refractivity contribution is -0.390. The first-order valence-electron chi connectivity index (χ1n) is 20.5. The quantitative estimate of drug-likeness (QED) is 0.107. The number of hydrogen-bond acceptors (Lipinski definition) is 30. The van der Waals surface area contributed by atoms with Crippen molar-refractivity contribution in [3.63, 3.8) is 0 Å². The van der Waals surface area contributed by atoms with Crippen molar-refractivity contribution in [1.82, 2.24) is 0 Å². The lowest BCUT2D eigenvalue weighted by atomic mass is 9.95. The molecule has 4 saturated heterocycles. The molecule has 10 aliphatic rings. The Morgan fingerprint density at radius 2 is 0.545 bits per heavy atom. The summed E-state index contributed by atoms with van der Waals surface area (Å²) in [6, 6.07) is 0. The van der Waals surface area contributed by atoms with Gasteiger partial charge in [-0.1, -0.05) is 0 Å². The molecule has 0 spiro atoms. The monoisotopic (exact) mass is 972 g/mol. The van der Waals surface area contributed by atoms with Crippen LogP contribution in [0.3, 0.4) is 0 Å². The van der Waals surface area contributed by atoms with E-state index in [4.69, 9.17) is 47.4 Å². The van der Waals surface area contributed by atoms with Crippen molar-refractivity contribution in [3.8, 4) is 0 Å². The molecule has 10 aliphatic heterocycles. The summed E-state index contributed by atoms with van der Waals surface area (Å²) in [5.74, 6) is -5.80. The number of rotatable bonds is 8. The number of ether oxygens (including phenoxy) is 10. The Labute approximate surface area is 372 Å². The summed E-state index contributed by atoms with van der Waals surface area (Å²) in [7, 11) is 0. The van der Waals surface area contributed by atoms with E-state index >= 15 is 0 Å². The summed E-state index contributed by atoms with van der Waals surface area (Å²) in [5, 5.41) is 214. The Hall–Kier alpha value is -2.36. The topological polar surface area (TPSA) is 497 Å². The second-order valence-corrected chi connectivity index (χ2v) is 15.7. The molecule has 20 N–H and O–H groups in total. The number of aliphatic hydroxyl groups is 20. The van der Waals surface area contributed by atoms with Gasteiger partial charge in [0.1, 0.15) is 110 Å². The molecule has 24 atom stereocenters. The summed E-state index contributed by atoms with van der Waals surface area (Å²) in [6.07, 6.45) is -51.0. The molecule has 12 unspecified atom stereocenters. The Balaban J connectivity index is 1.52. The lowest BCUT2D eigenvalue weighted by Gasteiger charge is -2.49. The van der Waals surface area contributed by atoms with Crippen LogP contribution in [0.15, 0.2) is 23.0 Å². The van der Waals surface area contributed by atoms with Crippen LogP contribution in [0.4, 0.5) is 0 Å². The minimum Gasteiger partial charge on any atom is -0.506 e. The maximum Gasteiger partial charge on any atom is 0.218 e. The van der Waals surface area contributed by atoms with Gasteiger partial charge >= 0.3 is 0 Å². The molecule has 8 bridgehead atoms. The maximum absolute atomic E-state index is 11.2. The van der Waals surface area contributed by atoms with Gasteiger partial charge in [-0.25, -0.2) is 0 Å². The third-order valence-electron chi connectivity index (χ3n) is 11.4. The van der Waals surface area contributed by atoms with Gasteiger partial charge in [0.15, 0.2) is 48.2 Å². The maximum atomic E-state index is 11.2. The molecule has 4 fully saturated rings. The van der Waals surface area contributed by atoms with Crippen molar-refractivity contribution in [2.45, 2.75) is 160 Å². The van der Waals surface area contributed by atoms with Crippen LogP contribution in [0.2, 0.25) is 0 Å². The number of fused-ring (bicyclic) bond motifs is 2. The normalized spacial score (nSPS) is 48.5. The Morgan fingerprint density at radius 1 is 0.288 bits per heavy atom. The number of hydrogen-bond donors (Lipinski definition) is 20. The molecule has 0 aromatic rings. The minimum absolute atomic E-state index is 0.660. The highest BCUT2D eigenvalue weighted by atomic mass is 16.8. The van der Waals surface area contributed by atoms with Crippen LogP contribution in [0.5, 0.6) is 0 Å². The fourth-order valence-electron chi connectivity index (χ4n) is 7.75. The van der Waals surface area contributed by atoms with Gasteiger partial charge in [0.2, 0.25) is 12.6 Å². The second kappa shape index (κ2) is 24.0. The summed E-state index contributed by atoms with van der Waals surface area (Å²) >= 11 is 0. The van der Waals surface area contributed by atoms with E-state index in [1.807, 2.05) is 0 Å². The summed E-state index contributed by atoms with van der Waals surface area (Å²) in [5.41, 5.74) is 0. The molecule has 66 heavy (non-hydrogen) atoms. The molecule has 30 heteroatoms. The molecule has 0 radical (unpaired) electrons. The third-order valence-corrected chi connectivity index (χ3v) is 11.4. The highest BCUT2D eigenvalue weighted by molar-refractivity contribution is 5.11. The first-order valence-corrected chi connectivity index (χ1v) is 20.5. The number of aliphatic hydroxyl groups excluding tert-OH is 20. The molecule has 0 saturated carbocycles. The van der Waals surface area contributed by atoms with Crippen LogP contribution in [-0.2, 0) is 47.4 Å². The molecule has 0 amide bonds. The van der Waals surface area contributed by atoms with Crippen molar-refractivity contribution in [2.75, 3.05) is 39.6 Å². The molecular formula is C36H60O30. The Morgan fingerprint density at radius 3 is 0.833 bits per heavy atom. The van der Waals surface area contributed by atoms with Crippen LogP contribution in [-0.4, -0.2) is 289 Å². The zero-order valence-corrected chi connectivity index (χ0v) is 34.5. The lowest BCUT2D eigenvalue weighted by Crippen LogP contribution is -2.67. The van der Waals surface area contributed by atoms with Gasteiger partial charge < -0.3 is 149 Å². The van der Waals surface area contributed by atoms with Gasteiger partial charge in [0, 0.05) is 26.1 Å². The van der Waals surface area contributed by atoms with Crippen LogP contribution in [0, 0.1) is 0 Å². The van der Waals surface area contributed by atoms with E-state index in [0.717, 1.165) is 0 Å². The minimum atomic E-state index is -2.71. The Kier molecular flexibility index (Phi) is 19.8. The van der Waals surface area contributed by atoms with Gasteiger partial charge in [0.05, 0.1) is 26.4 Å². The average Bonchev–Trinajstić information content (AvgIpc) is 3.30. The van der Waals surface area contributed by atoms with Crippen LogP contribution in [0.1, 0.15) is 12.8 Å². The molecule has 10 heterocycles. The standard InChI is InChI=1S/C36H60O30/c37-3-1-9-15(43)22(50)32(56)63-27-11(5-39)60-34(24(52)17(27)45)65-29-13(7-41)62-36(26(54)19(29)47)66-30-14(8-42)61-35(25(53)20(30)48)64-28-12(6-40)59-33(23(51)18(28)46)58-10(2-4-38)16(44)21(49)31(55)57-9/h9-14,17-20,23-56H,1-8H2/b21-16+,22-15?/t9-,10-,11?,12?,13?,14?,17?,18?,19?,20?,23?,24?,25?,26?,27-,28-,29-,30+,31+,32-,33+,34-,35-,36-/m1/s1. The first kappa shape index (κ1) is 54.6. The largest absolute Gasteiger partial charge is 0.506 e. The van der Waals surface area contributed by atoms with E-state index in [1.165, 1.54) is 0 Å². The predicted molar refractivity (Wildman–Crippen MR) is 200 cm³/mol. The average molecular weight is 973 g/mol. The van der Waals surface area contributed by atoms with E-state index < -0.39 is 223 Å². The fourth-order valence-corrected chi connectivity index (χ4v) is 7.75. The van der Waals surface area contributed by atoms with Crippen LogP contribution in [0.25, 0.3) is 0 Å². The van der Waals surface area contributed by atoms with Gasteiger partial charge in [-0.05, 0) is 0 Å². The molecule has 10 rings (SSSR count). The summed E-state index contributed by atoms with van der Waals surface area (Å²) in [6.45, 7) is -5.92. The highest BCUT2D eigenvalue weighted by Crippen LogP contribution is 2.36. The van der Waals surface area contributed by atoms with E-state index in [9.17, 15) is 102 Å². The molecule has 0 aromatic heterocycles. The SMILES string of the molecule is OCC[C@H]1O[C@H](O)/C(O)=C(\O)[C@@H](CCO)O[C@H]2OC(CO)[C@@H](O[C@H]3OC(CO)[C@H](O[C@H]4OC(CO)[C@@H](O[C@H]5OC(CO)[C@@H](O[C@@H](O)C(O)=C1O)C(O)C5O)C(O)C4O)C(O)C3O)C(O)C2O. The van der Waals surface area contributed by atoms with Gasteiger partial charge in [0.25, 0.3) is 0 Å². The molecule has 384 valence electrons. The van der Waals surface area contributed by atoms with Crippen molar-refractivity contribution in [3.05, 3.63) is 23.0 Å². The van der Waals surface area contributed by atoms with Crippen molar-refractivity contribution >= 4 is 0 Å². The van der Waals surface area contributed by atoms with Crippen molar-refractivity contribution < 1.29 is 149 Å². The van der Waals surface area contributed by atoms with E-state index in [1.54, 1.807) is 0 Å². The highest BCUT2D eigenvalue weighted by Gasteiger charge is 2.56. The van der Waals surface area contributed by atoms with Crippen LogP contribution < -0.4 is 0 Å². The van der Waals surface area contributed by atoms with Gasteiger partial charge in [-0.3, -0.25) is 0 Å². The smallest absolute Gasteiger partial charge is 0.218 e. The summed E-state index contributed by atoms with van der Waals surface area (Å²) in [4.78, 5) is 0. The van der Waals surface area contributed by atoms with Gasteiger partial charge in [-0.2, -0.15) is 0 Å². The van der Waals surface area contributed by atoms with Gasteiger partial charge in [-0.15, -0.1) is 0 Å². The predicted octanol–water partition coefficient (Wildman–Crippen LogP) is -9.88.